The largest absolute Gasteiger partial charge is 0.338 e. The van der Waals surface area contributed by atoms with Gasteiger partial charge in [-0.15, -0.1) is 12.4 Å². The zero-order chi connectivity index (χ0) is 13.3. The number of nitrogens with zero attached hydrogens (tertiary/aromatic N) is 1. The molecule has 1 aromatic rings. The number of rotatable bonds is 1. The maximum atomic E-state index is 13.6. The van der Waals surface area contributed by atoms with Crippen LogP contribution >= 0.6 is 35.0 Å². The molecule has 1 amide bonds. The van der Waals surface area contributed by atoms with E-state index in [4.69, 9.17) is 5.73 Å². The van der Waals surface area contributed by atoms with E-state index in [0.29, 0.717) is 25.9 Å². The summed E-state index contributed by atoms with van der Waals surface area (Å²) in [6.45, 7) is 1.04. The molecule has 1 aliphatic heterocycles. The fraction of sp³-hybridized carbons (Fsp3) is 0.417. The highest BCUT2D eigenvalue weighted by molar-refractivity contribution is 14.1. The summed E-state index contributed by atoms with van der Waals surface area (Å²) in [7, 11) is 0. The zero-order valence-corrected chi connectivity index (χ0v) is 13.0. The predicted octanol–water partition coefficient (Wildman–Crippen LogP) is 2.55. The van der Waals surface area contributed by atoms with Crippen molar-refractivity contribution in [3.05, 3.63) is 32.9 Å². The van der Waals surface area contributed by atoms with Crippen LogP contribution in [0.2, 0.25) is 0 Å². The summed E-state index contributed by atoms with van der Waals surface area (Å²) < 4.78 is 27.0. The van der Waals surface area contributed by atoms with Gasteiger partial charge in [-0.2, -0.15) is 0 Å². The van der Waals surface area contributed by atoms with Crippen LogP contribution in [0.4, 0.5) is 8.78 Å². The van der Waals surface area contributed by atoms with E-state index in [2.05, 4.69) is 0 Å². The molecular weight excluding hydrogens is 388 g/mol. The Bertz CT molecular complexity index is 479. The topological polar surface area (TPSA) is 46.3 Å². The van der Waals surface area contributed by atoms with Crippen LogP contribution in [-0.4, -0.2) is 29.9 Å². The molecule has 106 valence electrons. The second kappa shape index (κ2) is 6.81. The van der Waals surface area contributed by atoms with Gasteiger partial charge in [0.1, 0.15) is 11.6 Å². The van der Waals surface area contributed by atoms with E-state index in [-0.39, 0.29) is 27.6 Å². The third-order valence-corrected chi connectivity index (χ3v) is 3.89. The van der Waals surface area contributed by atoms with Gasteiger partial charge in [-0.3, -0.25) is 4.79 Å². The summed E-state index contributed by atoms with van der Waals surface area (Å²) in [5.74, 6) is -1.85. The van der Waals surface area contributed by atoms with Crippen molar-refractivity contribution in [2.75, 3.05) is 13.1 Å². The first kappa shape index (κ1) is 16.6. The summed E-state index contributed by atoms with van der Waals surface area (Å²) >= 11 is 1.74. The molecule has 1 heterocycles. The van der Waals surface area contributed by atoms with Crippen LogP contribution in [0.15, 0.2) is 12.1 Å². The lowest BCUT2D eigenvalue weighted by Crippen LogP contribution is -2.43. The van der Waals surface area contributed by atoms with Gasteiger partial charge in [-0.1, -0.05) is 0 Å². The maximum Gasteiger partial charge on any atom is 0.256 e. The maximum absolute atomic E-state index is 13.6. The van der Waals surface area contributed by atoms with Crippen molar-refractivity contribution in [2.24, 2.45) is 5.73 Å². The second-order valence-electron chi connectivity index (χ2n) is 4.38. The predicted molar refractivity (Wildman–Crippen MR) is 79.4 cm³/mol. The summed E-state index contributed by atoms with van der Waals surface area (Å²) in [4.78, 5) is 13.7. The number of hydrogen-bond acceptors (Lipinski definition) is 2. The van der Waals surface area contributed by atoms with E-state index >= 15 is 0 Å². The smallest absolute Gasteiger partial charge is 0.256 e. The minimum absolute atomic E-state index is 0. The fourth-order valence-corrected chi connectivity index (χ4v) is 2.43. The lowest BCUT2D eigenvalue weighted by atomic mass is 10.0. The van der Waals surface area contributed by atoms with Gasteiger partial charge in [0, 0.05) is 28.8 Å². The number of hydrogen-bond donors (Lipinski definition) is 1. The van der Waals surface area contributed by atoms with Crippen LogP contribution in [0.3, 0.4) is 0 Å². The van der Waals surface area contributed by atoms with Crippen LogP contribution in [-0.2, 0) is 0 Å². The van der Waals surface area contributed by atoms with E-state index in [1.807, 2.05) is 0 Å². The number of carbonyl (C=O) groups is 1. The third kappa shape index (κ3) is 3.76. The normalized spacial score (nSPS) is 16.1. The second-order valence-corrected chi connectivity index (χ2v) is 5.54. The molecule has 1 saturated heterocycles. The van der Waals surface area contributed by atoms with Crippen molar-refractivity contribution in [2.45, 2.75) is 18.9 Å². The van der Waals surface area contributed by atoms with Gasteiger partial charge in [0.05, 0.1) is 5.56 Å². The van der Waals surface area contributed by atoms with Crippen molar-refractivity contribution < 1.29 is 13.6 Å². The minimum Gasteiger partial charge on any atom is -0.338 e. The van der Waals surface area contributed by atoms with Gasteiger partial charge in [0.2, 0.25) is 0 Å². The highest BCUT2D eigenvalue weighted by atomic mass is 127. The summed E-state index contributed by atoms with van der Waals surface area (Å²) in [6, 6.07) is 2.11. The Kier molecular flexibility index (Phi) is 5.94. The quantitative estimate of drug-likeness (QED) is 0.580. The first-order chi connectivity index (χ1) is 8.49. The summed E-state index contributed by atoms with van der Waals surface area (Å²) in [5, 5.41) is 0. The Morgan fingerprint density at radius 1 is 1.26 bits per heavy atom. The van der Waals surface area contributed by atoms with Gasteiger partial charge >= 0.3 is 0 Å². The van der Waals surface area contributed by atoms with Gasteiger partial charge in [0.25, 0.3) is 5.91 Å². The molecule has 2 N–H and O–H groups in total. The number of amides is 1. The molecular formula is C12H14ClF2IN2O. The first-order valence-electron chi connectivity index (χ1n) is 5.68. The standard InChI is InChI=1S/C12H13F2IN2O.ClH/c13-9-6-10(14)11(15)5-8(9)12(18)17-3-1-7(16)2-4-17;/h5-7H,1-4,16H2;1H. The van der Waals surface area contributed by atoms with Gasteiger partial charge in [-0.25, -0.2) is 8.78 Å². The summed E-state index contributed by atoms with van der Waals surface area (Å²) in [5.41, 5.74) is 5.67. The average molecular weight is 403 g/mol. The van der Waals surface area contributed by atoms with E-state index in [0.717, 1.165) is 6.07 Å². The van der Waals surface area contributed by atoms with Crippen molar-refractivity contribution in [3.8, 4) is 0 Å². The molecule has 1 aliphatic rings. The van der Waals surface area contributed by atoms with E-state index in [9.17, 15) is 13.6 Å². The third-order valence-electron chi connectivity index (χ3n) is 3.07. The monoisotopic (exact) mass is 402 g/mol. The Morgan fingerprint density at radius 3 is 2.42 bits per heavy atom. The molecule has 0 aliphatic carbocycles. The molecule has 7 heteroatoms. The first-order valence-corrected chi connectivity index (χ1v) is 6.76. The summed E-state index contributed by atoms with van der Waals surface area (Å²) in [6.07, 6.45) is 1.43. The van der Waals surface area contributed by atoms with Gasteiger partial charge in [-0.05, 0) is 41.5 Å². The molecule has 0 saturated carbocycles. The lowest BCUT2D eigenvalue weighted by Gasteiger charge is -2.30. The number of benzene rings is 1. The van der Waals surface area contributed by atoms with Crippen molar-refractivity contribution in [1.82, 2.24) is 4.90 Å². The van der Waals surface area contributed by atoms with E-state index in [1.165, 1.54) is 6.07 Å². The highest BCUT2D eigenvalue weighted by Gasteiger charge is 2.24. The van der Waals surface area contributed by atoms with Crippen LogP contribution in [0.1, 0.15) is 23.2 Å². The van der Waals surface area contributed by atoms with Crippen molar-refractivity contribution in [3.63, 3.8) is 0 Å². The van der Waals surface area contributed by atoms with Crippen molar-refractivity contribution in [1.29, 1.82) is 0 Å². The number of carbonyl (C=O) groups excluding carboxylic acids is 1. The molecule has 0 atom stereocenters. The molecule has 0 aromatic heterocycles. The van der Waals surface area contributed by atoms with E-state index in [1.54, 1.807) is 27.5 Å². The van der Waals surface area contributed by atoms with Crippen LogP contribution in [0, 0.1) is 15.2 Å². The highest BCUT2D eigenvalue weighted by Crippen LogP contribution is 2.20. The molecule has 0 radical (unpaired) electrons. The Morgan fingerprint density at radius 2 is 1.84 bits per heavy atom. The number of halogens is 4. The van der Waals surface area contributed by atoms with Crippen LogP contribution in [0.5, 0.6) is 0 Å². The Labute approximate surface area is 130 Å². The molecule has 0 bridgehead atoms. The van der Waals surface area contributed by atoms with E-state index < -0.39 is 17.5 Å². The Balaban J connectivity index is 0.00000180. The number of piperidine rings is 1. The lowest BCUT2D eigenvalue weighted by molar-refractivity contribution is 0.0710. The Hall–Kier alpha value is -0.470. The molecule has 0 spiro atoms. The molecule has 19 heavy (non-hydrogen) atoms. The molecule has 3 nitrogen and oxygen atoms in total. The SMILES string of the molecule is Cl.NC1CCN(C(=O)c2cc(I)c(F)cc2F)CC1. The van der Waals surface area contributed by atoms with Crippen LogP contribution in [0.25, 0.3) is 0 Å². The van der Waals surface area contributed by atoms with Crippen LogP contribution < -0.4 is 5.73 Å². The van der Waals surface area contributed by atoms with Gasteiger partial charge < -0.3 is 10.6 Å². The number of likely N-dealkylation sites (tertiary alicyclic amines) is 1. The average Bonchev–Trinajstić information content (AvgIpc) is 2.34. The number of nitrogens with two attached hydrogens (primary N) is 1. The molecule has 1 aromatic carbocycles. The fourth-order valence-electron chi connectivity index (χ4n) is 1.96. The molecule has 0 unspecified atom stereocenters. The van der Waals surface area contributed by atoms with Gasteiger partial charge in [0.15, 0.2) is 0 Å². The molecule has 2 rings (SSSR count). The van der Waals surface area contributed by atoms with Crippen molar-refractivity contribution >= 4 is 40.9 Å². The molecule has 1 fully saturated rings. The zero-order valence-electron chi connectivity index (χ0n) is 10.0. The minimum atomic E-state index is -0.812.